The first-order chi connectivity index (χ1) is 9.68. The van der Waals surface area contributed by atoms with Gasteiger partial charge < -0.3 is 19.5 Å². The predicted octanol–water partition coefficient (Wildman–Crippen LogP) is 0.904. The molecule has 1 aromatic rings. The van der Waals surface area contributed by atoms with Crippen LogP contribution in [-0.4, -0.2) is 34.6 Å². The van der Waals surface area contributed by atoms with Gasteiger partial charge in [0.2, 0.25) is 0 Å². The second-order valence-corrected chi connectivity index (χ2v) is 6.27. The first-order valence-corrected chi connectivity index (χ1v) is 6.89. The van der Waals surface area contributed by atoms with Crippen LogP contribution in [0.3, 0.4) is 0 Å². The second-order valence-electron chi connectivity index (χ2n) is 6.27. The second kappa shape index (κ2) is 5.43. The van der Waals surface area contributed by atoms with Crippen LogP contribution in [0, 0.1) is 11.3 Å². The van der Waals surface area contributed by atoms with Crippen molar-refractivity contribution in [2.24, 2.45) is 0 Å². The summed E-state index contributed by atoms with van der Waals surface area (Å²) in [6, 6.07) is 8.46. The van der Waals surface area contributed by atoms with Crippen molar-refractivity contribution in [3.63, 3.8) is 0 Å². The molecule has 2 unspecified atom stereocenters. The standard InChI is InChI=1S/C15H20BNO4/c1-14(2)15(3,4)21-16(20-14)11-7-5-10(6-8-11)13(19)12(18)9-17/h5-8,12-13,18-19H,1-4H3. The number of rotatable bonds is 3. The van der Waals surface area contributed by atoms with Crippen molar-refractivity contribution in [1.82, 2.24) is 0 Å². The molecule has 1 aliphatic heterocycles. The molecule has 0 aliphatic carbocycles. The Morgan fingerprint density at radius 3 is 1.95 bits per heavy atom. The van der Waals surface area contributed by atoms with Crippen LogP contribution in [-0.2, 0) is 9.31 Å². The van der Waals surface area contributed by atoms with E-state index in [0.29, 0.717) is 5.56 Å². The zero-order valence-corrected chi connectivity index (χ0v) is 12.7. The van der Waals surface area contributed by atoms with Crippen LogP contribution in [0.1, 0.15) is 39.4 Å². The molecule has 6 heteroatoms. The smallest absolute Gasteiger partial charge is 0.399 e. The lowest BCUT2D eigenvalue weighted by Gasteiger charge is -2.32. The number of aliphatic hydroxyl groups is 2. The molecule has 21 heavy (non-hydrogen) atoms. The van der Waals surface area contributed by atoms with Gasteiger partial charge in [-0.15, -0.1) is 0 Å². The summed E-state index contributed by atoms with van der Waals surface area (Å²) < 4.78 is 11.9. The van der Waals surface area contributed by atoms with Crippen LogP contribution in [0.2, 0.25) is 0 Å². The van der Waals surface area contributed by atoms with Gasteiger partial charge in [0.1, 0.15) is 6.10 Å². The Hall–Kier alpha value is -1.39. The van der Waals surface area contributed by atoms with Crippen LogP contribution in [0.4, 0.5) is 0 Å². The van der Waals surface area contributed by atoms with E-state index in [-0.39, 0.29) is 0 Å². The van der Waals surface area contributed by atoms with Gasteiger partial charge in [0, 0.05) is 0 Å². The van der Waals surface area contributed by atoms with Crippen LogP contribution in [0.25, 0.3) is 0 Å². The third kappa shape index (κ3) is 2.97. The molecule has 0 spiro atoms. The first-order valence-electron chi connectivity index (χ1n) is 6.89. The maximum Gasteiger partial charge on any atom is 0.494 e. The molecular formula is C15H20BNO4. The van der Waals surface area contributed by atoms with E-state index >= 15 is 0 Å². The molecule has 1 aliphatic rings. The molecule has 2 rings (SSSR count). The molecule has 1 fully saturated rings. The number of hydrogen-bond acceptors (Lipinski definition) is 5. The molecule has 0 bridgehead atoms. The largest absolute Gasteiger partial charge is 0.494 e. The summed E-state index contributed by atoms with van der Waals surface area (Å²) in [6.45, 7) is 7.92. The zero-order chi connectivity index (χ0) is 15.8. The highest BCUT2D eigenvalue weighted by atomic mass is 16.7. The monoisotopic (exact) mass is 289 g/mol. The molecule has 1 aromatic carbocycles. The van der Waals surface area contributed by atoms with E-state index < -0.39 is 30.5 Å². The molecule has 2 atom stereocenters. The maximum atomic E-state index is 9.78. The van der Waals surface area contributed by atoms with E-state index in [1.54, 1.807) is 30.3 Å². The number of nitrogens with zero attached hydrogens (tertiary/aromatic N) is 1. The van der Waals surface area contributed by atoms with E-state index in [2.05, 4.69) is 0 Å². The highest BCUT2D eigenvalue weighted by Gasteiger charge is 2.51. The van der Waals surface area contributed by atoms with Gasteiger partial charge in [-0.05, 0) is 38.7 Å². The van der Waals surface area contributed by atoms with E-state index in [9.17, 15) is 10.2 Å². The van der Waals surface area contributed by atoms with Gasteiger partial charge in [0.05, 0.1) is 17.3 Å². The lowest BCUT2D eigenvalue weighted by Crippen LogP contribution is -2.41. The van der Waals surface area contributed by atoms with Gasteiger partial charge in [0.25, 0.3) is 0 Å². The van der Waals surface area contributed by atoms with E-state index in [0.717, 1.165) is 5.46 Å². The first kappa shape index (κ1) is 16.0. The summed E-state index contributed by atoms with van der Waals surface area (Å²) >= 11 is 0. The summed E-state index contributed by atoms with van der Waals surface area (Å²) in [4.78, 5) is 0. The molecule has 1 heterocycles. The van der Waals surface area contributed by atoms with E-state index in [4.69, 9.17) is 14.6 Å². The summed E-state index contributed by atoms with van der Waals surface area (Å²) in [5, 5.41) is 27.7. The summed E-state index contributed by atoms with van der Waals surface area (Å²) in [7, 11) is -0.470. The summed E-state index contributed by atoms with van der Waals surface area (Å²) in [5.41, 5.74) is 0.486. The number of benzene rings is 1. The minimum Gasteiger partial charge on any atom is -0.399 e. The number of aliphatic hydroxyl groups excluding tert-OH is 2. The van der Waals surface area contributed by atoms with Gasteiger partial charge in [-0.25, -0.2) is 0 Å². The Bertz CT molecular complexity index is 534. The lowest BCUT2D eigenvalue weighted by atomic mass is 9.78. The molecule has 0 radical (unpaired) electrons. The fraction of sp³-hybridized carbons (Fsp3) is 0.533. The van der Waals surface area contributed by atoms with Crippen molar-refractivity contribution in [3.05, 3.63) is 29.8 Å². The quantitative estimate of drug-likeness (QED) is 0.638. The highest BCUT2D eigenvalue weighted by Crippen LogP contribution is 2.36. The van der Waals surface area contributed by atoms with Gasteiger partial charge >= 0.3 is 7.12 Å². The zero-order valence-electron chi connectivity index (χ0n) is 12.7. The molecule has 1 saturated heterocycles. The molecule has 0 amide bonds. The lowest BCUT2D eigenvalue weighted by molar-refractivity contribution is 0.00578. The molecular weight excluding hydrogens is 269 g/mol. The average molecular weight is 289 g/mol. The third-order valence-electron chi connectivity index (χ3n) is 4.23. The minimum absolute atomic E-state index is 0.410. The molecule has 0 aromatic heterocycles. The highest BCUT2D eigenvalue weighted by molar-refractivity contribution is 6.62. The van der Waals surface area contributed by atoms with Crippen LogP contribution >= 0.6 is 0 Å². The van der Waals surface area contributed by atoms with E-state index in [1.807, 2.05) is 27.7 Å². The SMILES string of the molecule is CC1(C)OB(c2ccc(C(O)C(O)C#N)cc2)OC1(C)C. The Balaban J connectivity index is 2.16. The summed E-state index contributed by atoms with van der Waals surface area (Å²) in [6.07, 6.45) is -2.66. The predicted molar refractivity (Wildman–Crippen MR) is 78.7 cm³/mol. The van der Waals surface area contributed by atoms with E-state index in [1.165, 1.54) is 0 Å². The average Bonchev–Trinajstić information content (AvgIpc) is 2.66. The summed E-state index contributed by atoms with van der Waals surface area (Å²) in [5.74, 6) is 0. The normalized spacial score (nSPS) is 22.6. The number of hydrogen-bond donors (Lipinski definition) is 2. The topological polar surface area (TPSA) is 82.7 Å². The minimum atomic E-state index is -1.44. The Morgan fingerprint density at radius 1 is 1.05 bits per heavy atom. The molecule has 112 valence electrons. The van der Waals surface area contributed by atoms with Crippen LogP contribution < -0.4 is 5.46 Å². The van der Waals surface area contributed by atoms with Crippen molar-refractivity contribution in [1.29, 1.82) is 5.26 Å². The Morgan fingerprint density at radius 2 is 1.52 bits per heavy atom. The van der Waals surface area contributed by atoms with Gasteiger partial charge in [0.15, 0.2) is 6.10 Å². The Kier molecular flexibility index (Phi) is 4.14. The van der Waals surface area contributed by atoms with Crippen molar-refractivity contribution in [3.8, 4) is 6.07 Å². The molecule has 2 N–H and O–H groups in total. The van der Waals surface area contributed by atoms with Gasteiger partial charge in [-0.2, -0.15) is 5.26 Å². The van der Waals surface area contributed by atoms with Crippen LogP contribution in [0.5, 0.6) is 0 Å². The third-order valence-corrected chi connectivity index (χ3v) is 4.23. The number of nitriles is 1. The van der Waals surface area contributed by atoms with Gasteiger partial charge in [-0.1, -0.05) is 24.3 Å². The van der Waals surface area contributed by atoms with Gasteiger partial charge in [-0.3, -0.25) is 0 Å². The Labute approximate surface area is 125 Å². The molecule has 5 nitrogen and oxygen atoms in total. The van der Waals surface area contributed by atoms with Crippen molar-refractivity contribution in [2.45, 2.75) is 51.1 Å². The van der Waals surface area contributed by atoms with Crippen molar-refractivity contribution >= 4 is 12.6 Å². The fourth-order valence-electron chi connectivity index (χ4n) is 2.08. The van der Waals surface area contributed by atoms with Crippen LogP contribution in [0.15, 0.2) is 24.3 Å². The fourth-order valence-corrected chi connectivity index (χ4v) is 2.08. The molecule has 0 saturated carbocycles. The van der Waals surface area contributed by atoms with Crippen molar-refractivity contribution in [2.75, 3.05) is 0 Å². The maximum absolute atomic E-state index is 9.78. The van der Waals surface area contributed by atoms with Crippen molar-refractivity contribution < 1.29 is 19.5 Å².